The molecule has 0 unspecified atom stereocenters. The van der Waals surface area contributed by atoms with Gasteiger partial charge in [0.25, 0.3) is 0 Å². The second-order valence-corrected chi connectivity index (χ2v) is 4.46. The van der Waals surface area contributed by atoms with E-state index < -0.39 is 17.7 Å². The number of carbonyl (C=O) groups is 3. The molecule has 0 N–H and O–H groups in total. The lowest BCUT2D eigenvalue weighted by molar-refractivity contribution is -0.154. The third-order valence-corrected chi connectivity index (χ3v) is 2.64. The fourth-order valence-electron chi connectivity index (χ4n) is 1.45. The van der Waals surface area contributed by atoms with E-state index in [1.807, 2.05) is 31.2 Å². The Morgan fingerprint density at radius 1 is 1.10 bits per heavy atom. The van der Waals surface area contributed by atoms with Gasteiger partial charge in [-0.25, -0.2) is 4.79 Å². The fraction of sp³-hybridized carbons (Fsp3) is 0.312. The highest BCUT2D eigenvalue weighted by molar-refractivity contribution is 6.33. The molecule has 21 heavy (non-hydrogen) atoms. The SMILES string of the molecule is C=CCOC(=O)C(=O)CCC(=O)OCc1ccc(C)cc1. The number of rotatable bonds is 8. The number of carbonyl (C=O) groups excluding carboxylic acids is 3. The largest absolute Gasteiger partial charge is 0.461 e. The third-order valence-electron chi connectivity index (χ3n) is 2.64. The lowest BCUT2D eigenvalue weighted by Gasteiger charge is -2.05. The molecule has 5 heteroatoms. The first-order valence-corrected chi connectivity index (χ1v) is 6.55. The predicted molar refractivity (Wildman–Crippen MR) is 76.4 cm³/mol. The van der Waals surface area contributed by atoms with Crippen molar-refractivity contribution in [2.45, 2.75) is 26.4 Å². The average molecular weight is 290 g/mol. The summed E-state index contributed by atoms with van der Waals surface area (Å²) in [5, 5.41) is 0. The summed E-state index contributed by atoms with van der Waals surface area (Å²) < 4.78 is 9.59. The Bertz CT molecular complexity index is 516. The maximum Gasteiger partial charge on any atom is 0.374 e. The molecule has 0 saturated carbocycles. The lowest BCUT2D eigenvalue weighted by atomic mass is 10.2. The smallest absolute Gasteiger partial charge is 0.374 e. The zero-order valence-corrected chi connectivity index (χ0v) is 12.0. The van der Waals surface area contributed by atoms with Crippen LogP contribution in [0.25, 0.3) is 0 Å². The molecule has 0 aliphatic heterocycles. The highest BCUT2D eigenvalue weighted by Gasteiger charge is 2.16. The summed E-state index contributed by atoms with van der Waals surface area (Å²) in [5.74, 6) is -2.23. The van der Waals surface area contributed by atoms with Crippen LogP contribution in [0.2, 0.25) is 0 Å². The van der Waals surface area contributed by atoms with Gasteiger partial charge < -0.3 is 9.47 Å². The molecule has 0 heterocycles. The minimum absolute atomic E-state index is 0.0254. The number of hydrogen-bond donors (Lipinski definition) is 0. The van der Waals surface area contributed by atoms with Gasteiger partial charge in [0.2, 0.25) is 5.78 Å². The Hall–Kier alpha value is -2.43. The highest BCUT2D eigenvalue weighted by atomic mass is 16.5. The van der Waals surface area contributed by atoms with Gasteiger partial charge in [-0.05, 0) is 12.5 Å². The number of esters is 2. The molecule has 0 aliphatic rings. The van der Waals surface area contributed by atoms with E-state index in [4.69, 9.17) is 4.74 Å². The van der Waals surface area contributed by atoms with Crippen LogP contribution in [0.3, 0.4) is 0 Å². The van der Waals surface area contributed by atoms with Gasteiger partial charge in [0.15, 0.2) is 0 Å². The first kappa shape index (κ1) is 16.6. The lowest BCUT2D eigenvalue weighted by Crippen LogP contribution is -2.19. The Morgan fingerprint density at radius 2 is 1.76 bits per heavy atom. The highest BCUT2D eigenvalue weighted by Crippen LogP contribution is 2.06. The average Bonchev–Trinajstić information content (AvgIpc) is 2.49. The van der Waals surface area contributed by atoms with Crippen LogP contribution >= 0.6 is 0 Å². The molecule has 0 bridgehead atoms. The van der Waals surface area contributed by atoms with Crippen LogP contribution in [-0.2, 0) is 30.5 Å². The normalized spacial score (nSPS) is 9.76. The third kappa shape index (κ3) is 6.51. The Morgan fingerprint density at radius 3 is 2.38 bits per heavy atom. The molecule has 0 aliphatic carbocycles. The monoisotopic (exact) mass is 290 g/mol. The number of Topliss-reactive ketones (excluding diaryl/α,β-unsaturated/α-hetero) is 1. The fourth-order valence-corrected chi connectivity index (χ4v) is 1.45. The predicted octanol–water partition coefficient (Wildman–Crippen LogP) is 2.12. The molecular formula is C16H18O5. The van der Waals surface area contributed by atoms with Crippen LogP contribution in [0, 0.1) is 6.92 Å². The standard InChI is InChI=1S/C16H18O5/c1-3-10-20-16(19)14(17)8-9-15(18)21-11-13-6-4-12(2)5-7-13/h3-7H,1,8-11H2,2H3. The first-order chi connectivity index (χ1) is 10.0. The van der Waals surface area contributed by atoms with E-state index in [2.05, 4.69) is 11.3 Å². The summed E-state index contributed by atoms with van der Waals surface area (Å²) in [6.45, 7) is 5.45. The molecule has 0 saturated heterocycles. The van der Waals surface area contributed by atoms with Crippen LogP contribution in [0.15, 0.2) is 36.9 Å². The summed E-state index contributed by atoms with van der Waals surface area (Å²) in [5.41, 5.74) is 1.99. The van der Waals surface area contributed by atoms with Crippen LogP contribution in [0.4, 0.5) is 0 Å². The molecular weight excluding hydrogens is 272 g/mol. The second-order valence-electron chi connectivity index (χ2n) is 4.46. The van der Waals surface area contributed by atoms with Gasteiger partial charge in [0.05, 0.1) is 6.42 Å². The molecule has 1 rings (SSSR count). The molecule has 0 atom stereocenters. The number of ether oxygens (including phenoxy) is 2. The maximum absolute atomic E-state index is 11.5. The van der Waals surface area contributed by atoms with E-state index in [0.717, 1.165) is 11.1 Å². The number of ketones is 1. The van der Waals surface area contributed by atoms with E-state index in [1.165, 1.54) is 6.08 Å². The molecule has 0 aromatic heterocycles. The van der Waals surface area contributed by atoms with Crippen molar-refractivity contribution in [3.8, 4) is 0 Å². The van der Waals surface area contributed by atoms with Gasteiger partial charge in [-0.1, -0.05) is 42.5 Å². The van der Waals surface area contributed by atoms with Gasteiger partial charge in [-0.2, -0.15) is 0 Å². The van der Waals surface area contributed by atoms with E-state index in [9.17, 15) is 14.4 Å². The van der Waals surface area contributed by atoms with Gasteiger partial charge >= 0.3 is 11.9 Å². The van der Waals surface area contributed by atoms with Crippen LogP contribution < -0.4 is 0 Å². The van der Waals surface area contributed by atoms with Crippen molar-refractivity contribution in [3.63, 3.8) is 0 Å². The van der Waals surface area contributed by atoms with E-state index >= 15 is 0 Å². The van der Waals surface area contributed by atoms with E-state index in [1.54, 1.807) is 0 Å². The second kappa shape index (κ2) is 8.68. The molecule has 0 amide bonds. The van der Waals surface area contributed by atoms with Gasteiger partial charge in [0, 0.05) is 6.42 Å². The Labute approximate surface area is 123 Å². The van der Waals surface area contributed by atoms with Crippen molar-refractivity contribution in [3.05, 3.63) is 48.0 Å². The molecule has 1 aromatic rings. The van der Waals surface area contributed by atoms with Gasteiger partial charge in [-0.15, -0.1) is 0 Å². The van der Waals surface area contributed by atoms with E-state index in [-0.39, 0.29) is 26.1 Å². The number of hydrogen-bond acceptors (Lipinski definition) is 5. The van der Waals surface area contributed by atoms with Crippen molar-refractivity contribution in [1.82, 2.24) is 0 Å². The zero-order chi connectivity index (χ0) is 15.7. The summed E-state index contributed by atoms with van der Waals surface area (Å²) in [6, 6.07) is 7.56. The maximum atomic E-state index is 11.5. The molecule has 0 fully saturated rings. The summed E-state index contributed by atoms with van der Waals surface area (Å²) in [7, 11) is 0. The van der Waals surface area contributed by atoms with Crippen molar-refractivity contribution in [1.29, 1.82) is 0 Å². The van der Waals surface area contributed by atoms with Crippen LogP contribution in [0.5, 0.6) is 0 Å². The quantitative estimate of drug-likeness (QED) is 0.416. The molecule has 5 nitrogen and oxygen atoms in total. The molecule has 0 spiro atoms. The van der Waals surface area contributed by atoms with Gasteiger partial charge in [0.1, 0.15) is 13.2 Å². The van der Waals surface area contributed by atoms with Crippen LogP contribution in [-0.4, -0.2) is 24.3 Å². The topological polar surface area (TPSA) is 69.7 Å². The van der Waals surface area contributed by atoms with Crippen molar-refractivity contribution in [2.24, 2.45) is 0 Å². The number of benzene rings is 1. The molecule has 112 valence electrons. The van der Waals surface area contributed by atoms with E-state index in [0.29, 0.717) is 0 Å². The zero-order valence-electron chi connectivity index (χ0n) is 12.0. The molecule has 0 radical (unpaired) electrons. The molecule has 1 aromatic carbocycles. The number of aryl methyl sites for hydroxylation is 1. The van der Waals surface area contributed by atoms with Crippen LogP contribution in [0.1, 0.15) is 24.0 Å². The van der Waals surface area contributed by atoms with Crippen molar-refractivity contribution < 1.29 is 23.9 Å². The summed E-state index contributed by atoms with van der Waals surface area (Å²) in [6.07, 6.45) is 0.998. The van der Waals surface area contributed by atoms with Gasteiger partial charge in [-0.3, -0.25) is 9.59 Å². The Kier molecular flexibility index (Phi) is 6.87. The van der Waals surface area contributed by atoms with Crippen molar-refractivity contribution in [2.75, 3.05) is 6.61 Å². The minimum Gasteiger partial charge on any atom is -0.461 e. The summed E-state index contributed by atoms with van der Waals surface area (Å²) >= 11 is 0. The Balaban J connectivity index is 2.27. The minimum atomic E-state index is -0.957. The first-order valence-electron chi connectivity index (χ1n) is 6.55. The summed E-state index contributed by atoms with van der Waals surface area (Å²) in [4.78, 5) is 34.0. The van der Waals surface area contributed by atoms with Crippen molar-refractivity contribution >= 4 is 17.7 Å².